The first-order valence-corrected chi connectivity index (χ1v) is 6.44. The van der Waals surface area contributed by atoms with Crippen LogP contribution in [0.25, 0.3) is 0 Å². The summed E-state index contributed by atoms with van der Waals surface area (Å²) < 4.78 is 9.57. The number of carbonyl (C=O) groups excluding carboxylic acids is 2. The van der Waals surface area contributed by atoms with Crippen molar-refractivity contribution in [1.82, 2.24) is 9.80 Å². The summed E-state index contributed by atoms with van der Waals surface area (Å²) in [4.78, 5) is 26.4. The minimum atomic E-state index is -0.308. The molecule has 0 aromatic carbocycles. The van der Waals surface area contributed by atoms with Gasteiger partial charge < -0.3 is 14.4 Å². The molecular weight excluding hydrogens is 262 g/mol. The second-order valence-corrected chi connectivity index (χ2v) is 4.32. The molecule has 0 aromatic rings. The predicted molar refractivity (Wildman–Crippen MR) is 72.8 cm³/mol. The lowest BCUT2D eigenvalue weighted by Crippen LogP contribution is -2.41. The predicted octanol–water partition coefficient (Wildman–Crippen LogP) is -0.130. The van der Waals surface area contributed by atoms with Gasteiger partial charge in [-0.05, 0) is 0 Å². The molecule has 20 heavy (non-hydrogen) atoms. The minimum absolute atomic E-state index is 0.0822. The smallest absolute Gasteiger partial charge is 0.306 e. The van der Waals surface area contributed by atoms with Gasteiger partial charge in [0.2, 0.25) is 5.91 Å². The molecule has 0 aromatic heterocycles. The Labute approximate surface area is 120 Å². The van der Waals surface area contributed by atoms with Crippen molar-refractivity contribution in [1.29, 1.82) is 5.26 Å². The number of methoxy groups -OCH3 is 2. The van der Waals surface area contributed by atoms with E-state index in [2.05, 4.69) is 4.74 Å². The van der Waals surface area contributed by atoms with E-state index in [1.807, 2.05) is 11.0 Å². The molecule has 0 saturated heterocycles. The Bertz CT molecular complexity index is 341. The fourth-order valence-electron chi connectivity index (χ4n) is 1.50. The maximum Gasteiger partial charge on any atom is 0.306 e. The molecule has 0 bridgehead atoms. The highest BCUT2D eigenvalue weighted by Crippen LogP contribution is 1.97. The summed E-state index contributed by atoms with van der Waals surface area (Å²) in [6.07, 6.45) is 0.540. The molecule has 114 valence electrons. The number of carbonyl (C=O) groups is 2. The highest BCUT2D eigenvalue weighted by molar-refractivity contribution is 5.78. The third-order valence-electron chi connectivity index (χ3n) is 2.82. The molecule has 0 heterocycles. The molecule has 0 radical (unpaired) electrons. The van der Waals surface area contributed by atoms with Crippen molar-refractivity contribution >= 4 is 11.9 Å². The van der Waals surface area contributed by atoms with Gasteiger partial charge in [-0.15, -0.1) is 0 Å². The van der Waals surface area contributed by atoms with Crippen LogP contribution in [0, 0.1) is 11.3 Å². The van der Waals surface area contributed by atoms with Gasteiger partial charge >= 0.3 is 5.97 Å². The van der Waals surface area contributed by atoms with Gasteiger partial charge in [0, 0.05) is 33.8 Å². The number of rotatable bonds is 10. The van der Waals surface area contributed by atoms with Crippen molar-refractivity contribution < 1.29 is 19.1 Å². The van der Waals surface area contributed by atoms with E-state index in [1.54, 1.807) is 14.2 Å². The second-order valence-electron chi connectivity index (χ2n) is 4.32. The van der Waals surface area contributed by atoms with Crippen molar-refractivity contribution in [2.75, 3.05) is 54.1 Å². The van der Waals surface area contributed by atoms with Crippen LogP contribution in [0.5, 0.6) is 0 Å². The highest BCUT2D eigenvalue weighted by Gasteiger charge is 2.15. The van der Waals surface area contributed by atoms with Crippen LogP contribution in [-0.2, 0) is 19.1 Å². The van der Waals surface area contributed by atoms with Crippen LogP contribution < -0.4 is 0 Å². The number of esters is 1. The van der Waals surface area contributed by atoms with Gasteiger partial charge in [0.1, 0.15) is 0 Å². The Morgan fingerprint density at radius 1 is 1.20 bits per heavy atom. The molecule has 0 aliphatic rings. The van der Waals surface area contributed by atoms with E-state index < -0.39 is 0 Å². The van der Waals surface area contributed by atoms with Crippen LogP contribution in [0.1, 0.15) is 12.8 Å². The van der Waals surface area contributed by atoms with E-state index in [4.69, 9.17) is 10.00 Å². The maximum absolute atomic E-state index is 12.0. The molecule has 0 aliphatic heterocycles. The lowest BCUT2D eigenvalue weighted by molar-refractivity contribution is -0.141. The average Bonchev–Trinajstić information content (AvgIpc) is 2.46. The van der Waals surface area contributed by atoms with Crippen LogP contribution in [0.15, 0.2) is 0 Å². The van der Waals surface area contributed by atoms with E-state index >= 15 is 0 Å². The lowest BCUT2D eigenvalue weighted by Gasteiger charge is -2.24. The second kappa shape index (κ2) is 11.2. The molecular formula is C13H23N3O4. The standard InChI is InChI=1S/C13H23N3O4/c1-15(7-4-6-14)12(17)11-16(9-10-19-2)8-5-13(18)20-3/h4-5,7-11H2,1-3H3. The highest BCUT2D eigenvalue weighted by atomic mass is 16.5. The van der Waals surface area contributed by atoms with Gasteiger partial charge in [0.05, 0.1) is 39.2 Å². The average molecular weight is 285 g/mol. The normalized spacial score (nSPS) is 10.2. The van der Waals surface area contributed by atoms with Gasteiger partial charge in [-0.3, -0.25) is 14.5 Å². The number of ether oxygens (including phenoxy) is 2. The van der Waals surface area contributed by atoms with Gasteiger partial charge in [0.25, 0.3) is 0 Å². The van der Waals surface area contributed by atoms with Crippen LogP contribution in [0.4, 0.5) is 0 Å². The van der Waals surface area contributed by atoms with Crippen molar-refractivity contribution in [3.8, 4) is 6.07 Å². The summed E-state index contributed by atoms with van der Waals surface area (Å²) in [7, 11) is 4.58. The zero-order chi connectivity index (χ0) is 15.4. The van der Waals surface area contributed by atoms with Crippen LogP contribution >= 0.6 is 0 Å². The molecule has 0 atom stereocenters. The fourth-order valence-corrected chi connectivity index (χ4v) is 1.50. The molecule has 0 saturated carbocycles. The Kier molecular flexibility index (Phi) is 10.3. The molecule has 0 spiro atoms. The molecule has 0 unspecified atom stereocenters. The zero-order valence-electron chi connectivity index (χ0n) is 12.4. The summed E-state index contributed by atoms with van der Waals surface area (Å²) in [5.41, 5.74) is 0. The topological polar surface area (TPSA) is 82.9 Å². The minimum Gasteiger partial charge on any atom is -0.469 e. The molecule has 1 amide bonds. The van der Waals surface area contributed by atoms with E-state index in [0.717, 1.165) is 0 Å². The first kappa shape index (κ1) is 18.4. The number of nitrogens with zero attached hydrogens (tertiary/aromatic N) is 3. The summed E-state index contributed by atoms with van der Waals surface area (Å²) in [6, 6.07) is 2.00. The number of hydrogen-bond donors (Lipinski definition) is 0. The molecule has 0 aliphatic carbocycles. The monoisotopic (exact) mass is 285 g/mol. The largest absolute Gasteiger partial charge is 0.469 e. The molecule has 0 N–H and O–H groups in total. The van der Waals surface area contributed by atoms with Crippen molar-refractivity contribution in [3.63, 3.8) is 0 Å². The SMILES string of the molecule is COCCN(CCC(=O)OC)CC(=O)N(C)CCC#N. The maximum atomic E-state index is 12.0. The third-order valence-corrected chi connectivity index (χ3v) is 2.82. The first-order chi connectivity index (χ1) is 9.54. The molecule has 0 rings (SSSR count). The number of likely N-dealkylation sites (N-methyl/N-ethyl adjacent to an activating group) is 1. The van der Waals surface area contributed by atoms with E-state index in [0.29, 0.717) is 32.7 Å². The van der Waals surface area contributed by atoms with Crippen LogP contribution in [0.3, 0.4) is 0 Å². The van der Waals surface area contributed by atoms with Crippen LogP contribution in [-0.4, -0.2) is 75.7 Å². The number of nitriles is 1. The molecule has 7 heteroatoms. The Hall–Kier alpha value is -1.65. The van der Waals surface area contributed by atoms with Crippen molar-refractivity contribution in [2.45, 2.75) is 12.8 Å². The van der Waals surface area contributed by atoms with E-state index in [9.17, 15) is 9.59 Å². The third kappa shape index (κ3) is 8.45. The van der Waals surface area contributed by atoms with Gasteiger partial charge in [-0.1, -0.05) is 0 Å². The Morgan fingerprint density at radius 3 is 2.45 bits per heavy atom. The van der Waals surface area contributed by atoms with E-state index in [1.165, 1.54) is 12.0 Å². The molecule has 7 nitrogen and oxygen atoms in total. The Balaban J connectivity index is 4.28. The van der Waals surface area contributed by atoms with Gasteiger partial charge in [-0.25, -0.2) is 0 Å². The lowest BCUT2D eigenvalue weighted by atomic mass is 10.3. The fraction of sp³-hybridized carbons (Fsp3) is 0.769. The first-order valence-electron chi connectivity index (χ1n) is 6.44. The number of amides is 1. The van der Waals surface area contributed by atoms with Crippen molar-refractivity contribution in [3.05, 3.63) is 0 Å². The molecule has 0 fully saturated rings. The summed E-state index contributed by atoms with van der Waals surface area (Å²) in [6.45, 7) is 2.09. The number of hydrogen-bond acceptors (Lipinski definition) is 6. The van der Waals surface area contributed by atoms with Gasteiger partial charge in [0.15, 0.2) is 0 Å². The zero-order valence-corrected chi connectivity index (χ0v) is 12.4. The Morgan fingerprint density at radius 2 is 1.90 bits per heavy atom. The quantitative estimate of drug-likeness (QED) is 0.520. The van der Waals surface area contributed by atoms with E-state index in [-0.39, 0.29) is 24.8 Å². The van der Waals surface area contributed by atoms with Gasteiger partial charge in [-0.2, -0.15) is 5.26 Å². The summed E-state index contributed by atoms with van der Waals surface area (Å²) in [5.74, 6) is -0.390. The van der Waals surface area contributed by atoms with Crippen LogP contribution in [0.2, 0.25) is 0 Å². The summed E-state index contributed by atoms with van der Waals surface area (Å²) in [5, 5.41) is 8.50. The summed E-state index contributed by atoms with van der Waals surface area (Å²) >= 11 is 0. The van der Waals surface area contributed by atoms with Crippen molar-refractivity contribution in [2.24, 2.45) is 0 Å².